The van der Waals surface area contributed by atoms with E-state index < -0.39 is 0 Å². The molecule has 0 aliphatic heterocycles. The molecule has 0 saturated heterocycles. The van der Waals surface area contributed by atoms with Gasteiger partial charge >= 0.3 is 0 Å². The number of aromatic nitrogens is 1. The Morgan fingerprint density at radius 2 is 2.00 bits per heavy atom. The molecule has 1 aromatic heterocycles. The second-order valence-electron chi connectivity index (χ2n) is 3.99. The van der Waals surface area contributed by atoms with Crippen molar-refractivity contribution in [2.45, 2.75) is 20.5 Å². The van der Waals surface area contributed by atoms with Crippen LogP contribution in [0.5, 0.6) is 0 Å². The molecule has 1 N–H and O–H groups in total. The molecule has 0 unspecified atom stereocenters. The van der Waals surface area contributed by atoms with Crippen LogP contribution in [0.3, 0.4) is 0 Å². The molecule has 2 heteroatoms. The summed E-state index contributed by atoms with van der Waals surface area (Å²) in [6.07, 6.45) is 3.74. The van der Waals surface area contributed by atoms with Gasteiger partial charge in [0.1, 0.15) is 0 Å². The molecule has 0 spiro atoms. The van der Waals surface area contributed by atoms with Crippen LogP contribution in [0.4, 0.5) is 0 Å². The second kappa shape index (κ2) is 4.45. The molecule has 0 aliphatic rings. The molecular formula is C14H15NO. The summed E-state index contributed by atoms with van der Waals surface area (Å²) in [6.45, 7) is 4.23. The van der Waals surface area contributed by atoms with Crippen LogP contribution in [0.15, 0.2) is 36.7 Å². The van der Waals surface area contributed by atoms with E-state index in [9.17, 15) is 0 Å². The topological polar surface area (TPSA) is 33.1 Å². The SMILES string of the molecule is Cc1cncc(-c2cccc(CO)c2)c1C. The molecule has 16 heavy (non-hydrogen) atoms. The van der Waals surface area contributed by atoms with Crippen molar-refractivity contribution in [1.29, 1.82) is 0 Å². The predicted molar refractivity (Wildman–Crippen MR) is 65.1 cm³/mol. The monoisotopic (exact) mass is 213 g/mol. The van der Waals surface area contributed by atoms with Crippen molar-refractivity contribution in [2.24, 2.45) is 0 Å². The number of pyridine rings is 1. The summed E-state index contributed by atoms with van der Waals surface area (Å²) < 4.78 is 0. The minimum absolute atomic E-state index is 0.0755. The van der Waals surface area contributed by atoms with E-state index in [1.165, 1.54) is 11.1 Å². The summed E-state index contributed by atoms with van der Waals surface area (Å²) in [4.78, 5) is 4.21. The van der Waals surface area contributed by atoms with Gasteiger partial charge in [0.15, 0.2) is 0 Å². The van der Waals surface area contributed by atoms with Crippen LogP contribution in [0.1, 0.15) is 16.7 Å². The van der Waals surface area contributed by atoms with Gasteiger partial charge < -0.3 is 5.11 Å². The lowest BCUT2D eigenvalue weighted by molar-refractivity contribution is 0.282. The Labute approximate surface area is 95.6 Å². The van der Waals surface area contributed by atoms with Gasteiger partial charge in [0, 0.05) is 18.0 Å². The zero-order chi connectivity index (χ0) is 11.5. The fourth-order valence-corrected chi connectivity index (χ4v) is 1.76. The van der Waals surface area contributed by atoms with Crippen molar-refractivity contribution in [1.82, 2.24) is 4.98 Å². The van der Waals surface area contributed by atoms with E-state index in [2.05, 4.69) is 18.8 Å². The smallest absolute Gasteiger partial charge is 0.0682 e. The Kier molecular flexibility index (Phi) is 3.02. The molecule has 1 aromatic carbocycles. The van der Waals surface area contributed by atoms with Gasteiger partial charge in [0.25, 0.3) is 0 Å². The summed E-state index contributed by atoms with van der Waals surface area (Å²) in [5.74, 6) is 0. The molecule has 1 heterocycles. The summed E-state index contributed by atoms with van der Waals surface area (Å²) in [5.41, 5.74) is 5.60. The van der Waals surface area contributed by atoms with Crippen LogP contribution in [0.2, 0.25) is 0 Å². The van der Waals surface area contributed by atoms with Crippen LogP contribution in [-0.4, -0.2) is 10.1 Å². The van der Waals surface area contributed by atoms with Crippen molar-refractivity contribution < 1.29 is 5.11 Å². The van der Waals surface area contributed by atoms with Crippen molar-refractivity contribution >= 4 is 0 Å². The van der Waals surface area contributed by atoms with E-state index in [0.717, 1.165) is 16.7 Å². The molecule has 2 rings (SSSR count). The number of rotatable bonds is 2. The average molecular weight is 213 g/mol. The van der Waals surface area contributed by atoms with Crippen LogP contribution in [0.25, 0.3) is 11.1 Å². The number of benzene rings is 1. The number of aryl methyl sites for hydroxylation is 1. The van der Waals surface area contributed by atoms with E-state index in [4.69, 9.17) is 5.11 Å². The highest BCUT2D eigenvalue weighted by Crippen LogP contribution is 2.25. The number of nitrogens with zero attached hydrogens (tertiary/aromatic N) is 1. The van der Waals surface area contributed by atoms with Gasteiger partial charge in [-0.15, -0.1) is 0 Å². The molecule has 82 valence electrons. The maximum absolute atomic E-state index is 9.12. The molecule has 0 aliphatic carbocycles. The lowest BCUT2D eigenvalue weighted by Gasteiger charge is -2.08. The van der Waals surface area contributed by atoms with Crippen LogP contribution in [0, 0.1) is 13.8 Å². The molecule has 2 aromatic rings. The lowest BCUT2D eigenvalue weighted by Crippen LogP contribution is -1.90. The molecule has 0 amide bonds. The van der Waals surface area contributed by atoms with E-state index in [1.54, 1.807) is 0 Å². The van der Waals surface area contributed by atoms with Crippen molar-refractivity contribution in [3.63, 3.8) is 0 Å². The molecule has 0 bridgehead atoms. The third-order valence-corrected chi connectivity index (χ3v) is 2.89. The zero-order valence-electron chi connectivity index (χ0n) is 9.57. The largest absolute Gasteiger partial charge is 0.392 e. The summed E-state index contributed by atoms with van der Waals surface area (Å²) >= 11 is 0. The summed E-state index contributed by atoms with van der Waals surface area (Å²) in [5, 5.41) is 9.12. The first-order chi connectivity index (χ1) is 7.72. The minimum atomic E-state index is 0.0755. The van der Waals surface area contributed by atoms with E-state index >= 15 is 0 Å². The Balaban J connectivity index is 2.54. The second-order valence-corrected chi connectivity index (χ2v) is 3.99. The normalized spacial score (nSPS) is 10.4. The number of hydrogen-bond acceptors (Lipinski definition) is 2. The summed E-state index contributed by atoms with van der Waals surface area (Å²) in [6, 6.07) is 7.93. The Morgan fingerprint density at radius 3 is 2.75 bits per heavy atom. The Morgan fingerprint density at radius 1 is 1.19 bits per heavy atom. The Bertz CT molecular complexity index is 506. The zero-order valence-corrected chi connectivity index (χ0v) is 9.57. The molecule has 0 radical (unpaired) electrons. The molecular weight excluding hydrogens is 198 g/mol. The van der Waals surface area contributed by atoms with Gasteiger partial charge in [-0.2, -0.15) is 0 Å². The van der Waals surface area contributed by atoms with Gasteiger partial charge in [-0.1, -0.05) is 18.2 Å². The maximum Gasteiger partial charge on any atom is 0.0682 e. The maximum atomic E-state index is 9.12. The van der Waals surface area contributed by atoms with Crippen molar-refractivity contribution in [3.8, 4) is 11.1 Å². The van der Waals surface area contributed by atoms with E-state index in [0.29, 0.717) is 0 Å². The predicted octanol–water partition coefficient (Wildman–Crippen LogP) is 2.86. The number of aliphatic hydroxyl groups is 1. The fraction of sp³-hybridized carbons (Fsp3) is 0.214. The molecule has 2 nitrogen and oxygen atoms in total. The van der Waals surface area contributed by atoms with Gasteiger partial charge in [0.05, 0.1) is 6.61 Å². The van der Waals surface area contributed by atoms with Crippen molar-refractivity contribution in [3.05, 3.63) is 53.3 Å². The third kappa shape index (κ3) is 1.97. The highest BCUT2D eigenvalue weighted by molar-refractivity contribution is 5.67. The minimum Gasteiger partial charge on any atom is -0.392 e. The highest BCUT2D eigenvalue weighted by Gasteiger charge is 2.04. The fourth-order valence-electron chi connectivity index (χ4n) is 1.76. The highest BCUT2D eigenvalue weighted by atomic mass is 16.3. The van der Waals surface area contributed by atoms with Gasteiger partial charge in [-0.3, -0.25) is 4.98 Å². The van der Waals surface area contributed by atoms with Gasteiger partial charge in [-0.25, -0.2) is 0 Å². The average Bonchev–Trinajstić information content (AvgIpc) is 2.33. The van der Waals surface area contributed by atoms with Crippen LogP contribution in [-0.2, 0) is 6.61 Å². The van der Waals surface area contributed by atoms with Crippen LogP contribution >= 0.6 is 0 Å². The van der Waals surface area contributed by atoms with Gasteiger partial charge in [0.2, 0.25) is 0 Å². The van der Waals surface area contributed by atoms with E-state index in [1.807, 2.05) is 36.7 Å². The number of aliphatic hydroxyl groups excluding tert-OH is 1. The Hall–Kier alpha value is -1.67. The third-order valence-electron chi connectivity index (χ3n) is 2.89. The summed E-state index contributed by atoms with van der Waals surface area (Å²) in [7, 11) is 0. The molecule has 0 atom stereocenters. The first-order valence-corrected chi connectivity index (χ1v) is 5.33. The molecule has 0 saturated carbocycles. The standard InChI is InChI=1S/C14H15NO/c1-10-7-15-8-14(11(10)2)13-5-3-4-12(6-13)9-16/h3-8,16H,9H2,1-2H3. The quantitative estimate of drug-likeness (QED) is 0.832. The van der Waals surface area contributed by atoms with Crippen LogP contribution < -0.4 is 0 Å². The van der Waals surface area contributed by atoms with E-state index in [-0.39, 0.29) is 6.61 Å². The first kappa shape index (κ1) is 10.8. The van der Waals surface area contributed by atoms with Crippen molar-refractivity contribution in [2.75, 3.05) is 0 Å². The molecule has 0 fully saturated rings. The first-order valence-electron chi connectivity index (χ1n) is 5.33. The lowest BCUT2D eigenvalue weighted by atomic mass is 9.99. The van der Waals surface area contributed by atoms with Gasteiger partial charge in [-0.05, 0) is 42.2 Å². The number of hydrogen-bond donors (Lipinski definition) is 1.